The zero-order valence-corrected chi connectivity index (χ0v) is 16.0. The molecule has 0 aliphatic heterocycles. The maximum Gasteiger partial charge on any atom is 0.132 e. The van der Waals surface area contributed by atoms with Crippen LogP contribution in [0.15, 0.2) is 72.8 Å². The molecule has 1 nitrogen and oxygen atoms in total. The lowest BCUT2D eigenvalue weighted by molar-refractivity contribution is 0.789. The predicted molar refractivity (Wildman–Crippen MR) is 108 cm³/mol. The summed E-state index contributed by atoms with van der Waals surface area (Å²) in [5, 5.41) is 10.4. The van der Waals surface area contributed by atoms with E-state index in [1.54, 1.807) is 0 Å². The average molecular weight is 339 g/mol. The molecule has 0 unspecified atom stereocenters. The van der Waals surface area contributed by atoms with Gasteiger partial charge in [-0.1, -0.05) is 97.8 Å². The van der Waals surface area contributed by atoms with Crippen molar-refractivity contribution in [2.45, 2.75) is 39.0 Å². The Morgan fingerprint density at radius 1 is 0.654 bits per heavy atom. The second-order valence-corrected chi connectivity index (χ2v) is 7.37. The molecule has 0 spiro atoms. The van der Waals surface area contributed by atoms with Crippen LogP contribution in [0.3, 0.4) is 0 Å². The molecule has 3 aromatic carbocycles. The van der Waals surface area contributed by atoms with Crippen LogP contribution in [-0.2, 0) is 5.41 Å². The highest BCUT2D eigenvalue weighted by Gasteiger charge is 2.36. The van der Waals surface area contributed by atoms with Crippen LogP contribution in [0.1, 0.15) is 53.1 Å². The minimum atomic E-state index is -0.809. The molecule has 0 N–H and O–H groups in total. The summed E-state index contributed by atoms with van der Waals surface area (Å²) < 4.78 is 0. The summed E-state index contributed by atoms with van der Waals surface area (Å²) in [5.41, 5.74) is 5.89. The minimum Gasteiger partial charge on any atom is -0.197 e. The van der Waals surface area contributed by atoms with Gasteiger partial charge in [0.1, 0.15) is 5.41 Å². The van der Waals surface area contributed by atoms with Gasteiger partial charge in [0.2, 0.25) is 0 Å². The standard InChI is InChI=1S/C25H25N/c1-18(2)21-9-15-24(16-10-21)25(17-26,22-11-5-19(3)6-12-22)23-13-7-20(4)8-14-23/h5-16,18H,1-4H3. The normalized spacial score (nSPS) is 11.4. The summed E-state index contributed by atoms with van der Waals surface area (Å²) in [6, 6.07) is 27.8. The second kappa shape index (κ2) is 7.18. The Morgan fingerprint density at radius 3 is 1.31 bits per heavy atom. The van der Waals surface area contributed by atoms with Crippen molar-refractivity contribution >= 4 is 0 Å². The first-order valence-electron chi connectivity index (χ1n) is 9.13. The molecule has 26 heavy (non-hydrogen) atoms. The quantitative estimate of drug-likeness (QED) is 0.513. The third kappa shape index (κ3) is 3.16. The number of nitrogens with zero attached hydrogens (tertiary/aromatic N) is 1. The van der Waals surface area contributed by atoms with Gasteiger partial charge in [-0.25, -0.2) is 0 Å². The number of rotatable bonds is 4. The SMILES string of the molecule is Cc1ccc(C(C#N)(c2ccc(C)cc2)c2ccc(C(C)C)cc2)cc1. The summed E-state index contributed by atoms with van der Waals surface area (Å²) in [5.74, 6) is 0.472. The van der Waals surface area contributed by atoms with E-state index < -0.39 is 5.41 Å². The average Bonchev–Trinajstić information content (AvgIpc) is 2.66. The Balaban J connectivity index is 2.25. The first-order valence-corrected chi connectivity index (χ1v) is 9.13. The lowest BCUT2D eigenvalue weighted by Gasteiger charge is -2.29. The van der Waals surface area contributed by atoms with Crippen molar-refractivity contribution < 1.29 is 0 Å². The molecule has 130 valence electrons. The molecule has 0 aliphatic rings. The molecule has 1 heteroatoms. The molecule has 0 aliphatic carbocycles. The third-order valence-corrected chi connectivity index (χ3v) is 5.15. The summed E-state index contributed by atoms with van der Waals surface area (Å²) in [6.45, 7) is 8.52. The summed E-state index contributed by atoms with van der Waals surface area (Å²) in [4.78, 5) is 0. The molecular weight excluding hydrogens is 314 g/mol. The first-order chi connectivity index (χ1) is 12.5. The van der Waals surface area contributed by atoms with E-state index in [4.69, 9.17) is 0 Å². The maximum atomic E-state index is 10.4. The van der Waals surface area contributed by atoms with Crippen LogP contribution in [0.2, 0.25) is 0 Å². The molecular formula is C25H25N. The Labute approximate surface area is 156 Å². The van der Waals surface area contributed by atoms with Gasteiger partial charge in [-0.15, -0.1) is 0 Å². The van der Waals surface area contributed by atoms with Crippen molar-refractivity contribution in [2.24, 2.45) is 0 Å². The van der Waals surface area contributed by atoms with Gasteiger partial charge < -0.3 is 0 Å². The molecule has 3 rings (SSSR count). The van der Waals surface area contributed by atoms with Crippen molar-refractivity contribution in [3.8, 4) is 6.07 Å². The molecule has 3 aromatic rings. The Bertz CT molecular complexity index is 862. The van der Waals surface area contributed by atoms with E-state index in [0.29, 0.717) is 5.92 Å². The van der Waals surface area contributed by atoms with Crippen molar-refractivity contribution in [1.29, 1.82) is 5.26 Å². The van der Waals surface area contributed by atoms with Gasteiger partial charge in [-0.2, -0.15) is 5.26 Å². The lowest BCUT2D eigenvalue weighted by Crippen LogP contribution is -2.27. The summed E-state index contributed by atoms with van der Waals surface area (Å²) in [7, 11) is 0. The van der Waals surface area contributed by atoms with Crippen molar-refractivity contribution in [1.82, 2.24) is 0 Å². The highest BCUT2D eigenvalue weighted by molar-refractivity contribution is 5.57. The van der Waals surface area contributed by atoms with E-state index in [-0.39, 0.29) is 0 Å². The van der Waals surface area contributed by atoms with Gasteiger partial charge in [-0.3, -0.25) is 0 Å². The zero-order chi connectivity index (χ0) is 18.7. The summed E-state index contributed by atoms with van der Waals surface area (Å²) >= 11 is 0. The predicted octanol–water partition coefficient (Wildman–Crippen LogP) is 6.28. The van der Waals surface area contributed by atoms with Gasteiger partial charge >= 0.3 is 0 Å². The number of nitriles is 1. The van der Waals surface area contributed by atoms with Crippen LogP contribution < -0.4 is 0 Å². The largest absolute Gasteiger partial charge is 0.197 e. The van der Waals surface area contributed by atoms with E-state index in [1.807, 2.05) is 0 Å². The summed E-state index contributed by atoms with van der Waals surface area (Å²) in [6.07, 6.45) is 0. The fourth-order valence-corrected chi connectivity index (χ4v) is 3.42. The molecule has 0 amide bonds. The van der Waals surface area contributed by atoms with E-state index in [9.17, 15) is 5.26 Å². The van der Waals surface area contributed by atoms with Crippen molar-refractivity contribution in [3.63, 3.8) is 0 Å². The van der Waals surface area contributed by atoms with E-state index in [1.165, 1.54) is 16.7 Å². The van der Waals surface area contributed by atoms with Gasteiger partial charge in [0.15, 0.2) is 0 Å². The monoisotopic (exact) mass is 339 g/mol. The van der Waals surface area contributed by atoms with Gasteiger partial charge in [0.25, 0.3) is 0 Å². The number of aryl methyl sites for hydroxylation is 2. The zero-order valence-electron chi connectivity index (χ0n) is 16.0. The molecule has 0 saturated carbocycles. The smallest absolute Gasteiger partial charge is 0.132 e. The Hall–Kier alpha value is -2.85. The van der Waals surface area contributed by atoms with Crippen molar-refractivity contribution in [3.05, 3.63) is 106 Å². The maximum absolute atomic E-state index is 10.4. The first kappa shape index (κ1) is 18.0. The van der Waals surface area contributed by atoms with Gasteiger partial charge in [0.05, 0.1) is 6.07 Å². The lowest BCUT2D eigenvalue weighted by atomic mass is 9.70. The molecule has 0 atom stereocenters. The number of hydrogen-bond acceptors (Lipinski definition) is 1. The molecule has 0 bridgehead atoms. The Kier molecular flexibility index (Phi) is 4.96. The number of benzene rings is 3. The highest BCUT2D eigenvalue weighted by Crippen LogP contribution is 2.39. The second-order valence-electron chi connectivity index (χ2n) is 7.37. The van der Waals surface area contributed by atoms with E-state index in [2.05, 4.69) is 107 Å². The highest BCUT2D eigenvalue weighted by atomic mass is 14.4. The van der Waals surface area contributed by atoms with Gasteiger partial charge in [-0.05, 0) is 42.0 Å². The minimum absolute atomic E-state index is 0.472. The van der Waals surface area contributed by atoms with Crippen LogP contribution in [0.5, 0.6) is 0 Å². The third-order valence-electron chi connectivity index (χ3n) is 5.15. The molecule has 0 fully saturated rings. The fraction of sp³-hybridized carbons (Fsp3) is 0.240. The van der Waals surface area contributed by atoms with E-state index >= 15 is 0 Å². The van der Waals surface area contributed by atoms with Crippen LogP contribution in [-0.4, -0.2) is 0 Å². The molecule has 0 radical (unpaired) electrons. The fourth-order valence-electron chi connectivity index (χ4n) is 3.42. The molecule has 0 saturated heterocycles. The van der Waals surface area contributed by atoms with Gasteiger partial charge in [0, 0.05) is 0 Å². The van der Waals surface area contributed by atoms with Crippen LogP contribution in [0.4, 0.5) is 0 Å². The molecule has 0 heterocycles. The van der Waals surface area contributed by atoms with Crippen LogP contribution >= 0.6 is 0 Å². The Morgan fingerprint density at radius 2 is 1.00 bits per heavy atom. The van der Waals surface area contributed by atoms with E-state index in [0.717, 1.165) is 16.7 Å². The van der Waals surface area contributed by atoms with Crippen LogP contribution in [0, 0.1) is 25.2 Å². The number of hydrogen-bond donors (Lipinski definition) is 0. The molecule has 0 aromatic heterocycles. The van der Waals surface area contributed by atoms with Crippen molar-refractivity contribution in [2.75, 3.05) is 0 Å². The van der Waals surface area contributed by atoms with Crippen LogP contribution in [0.25, 0.3) is 0 Å². The topological polar surface area (TPSA) is 23.8 Å².